The van der Waals surface area contributed by atoms with E-state index in [0.29, 0.717) is 17.1 Å². The molecular formula is C27H25N3O5. The van der Waals surface area contributed by atoms with Crippen LogP contribution in [0.25, 0.3) is 16.6 Å². The second-order valence-corrected chi connectivity index (χ2v) is 7.72. The number of methoxy groups -OCH3 is 1. The van der Waals surface area contributed by atoms with Gasteiger partial charge in [-0.15, -0.1) is 0 Å². The van der Waals surface area contributed by atoms with Crippen molar-refractivity contribution in [2.24, 2.45) is 5.16 Å². The molecule has 8 heteroatoms. The molecule has 1 amide bonds. The van der Waals surface area contributed by atoms with E-state index in [4.69, 9.17) is 14.7 Å². The van der Waals surface area contributed by atoms with Crippen molar-refractivity contribution >= 4 is 28.8 Å². The van der Waals surface area contributed by atoms with Gasteiger partial charge in [0.25, 0.3) is 5.91 Å². The van der Waals surface area contributed by atoms with E-state index >= 15 is 0 Å². The molecule has 2 heterocycles. The van der Waals surface area contributed by atoms with E-state index in [-0.39, 0.29) is 25.2 Å². The van der Waals surface area contributed by atoms with Gasteiger partial charge in [-0.3, -0.25) is 9.59 Å². The number of aromatic nitrogens is 1. The fraction of sp³-hybridized carbons (Fsp3) is 0.148. The van der Waals surface area contributed by atoms with Gasteiger partial charge >= 0.3 is 5.97 Å². The van der Waals surface area contributed by atoms with Crippen molar-refractivity contribution in [1.82, 2.24) is 4.40 Å². The molecule has 178 valence electrons. The number of oxime groups is 1. The number of rotatable bonds is 10. The van der Waals surface area contributed by atoms with Gasteiger partial charge in [0.2, 0.25) is 0 Å². The summed E-state index contributed by atoms with van der Waals surface area (Å²) in [6, 6.07) is 24.4. The maximum atomic E-state index is 13.5. The molecule has 2 aromatic carbocycles. The molecule has 2 N–H and O–H groups in total. The Balaban J connectivity index is 1.75. The van der Waals surface area contributed by atoms with E-state index < -0.39 is 11.9 Å². The van der Waals surface area contributed by atoms with E-state index in [1.54, 1.807) is 31.4 Å². The zero-order valence-corrected chi connectivity index (χ0v) is 19.2. The first-order chi connectivity index (χ1) is 17.1. The molecular weight excluding hydrogens is 446 g/mol. The van der Waals surface area contributed by atoms with Gasteiger partial charge in [-0.05, 0) is 54.4 Å². The number of benzene rings is 2. The number of hydrogen-bond acceptors (Lipinski definition) is 5. The quantitative estimate of drug-likeness (QED) is 0.196. The summed E-state index contributed by atoms with van der Waals surface area (Å²) in [6.45, 7) is 0.0651. The van der Waals surface area contributed by atoms with Crippen molar-refractivity contribution in [3.63, 3.8) is 0 Å². The van der Waals surface area contributed by atoms with Crippen LogP contribution < -0.4 is 10.1 Å². The fourth-order valence-electron chi connectivity index (χ4n) is 3.66. The van der Waals surface area contributed by atoms with Gasteiger partial charge in [-0.2, -0.15) is 0 Å². The van der Waals surface area contributed by atoms with Crippen LogP contribution in [0.4, 0.5) is 5.69 Å². The van der Waals surface area contributed by atoms with Gasteiger partial charge < -0.3 is 24.4 Å². The van der Waals surface area contributed by atoms with Crippen LogP contribution in [0.15, 0.2) is 90.2 Å². The first-order valence-corrected chi connectivity index (χ1v) is 11.1. The van der Waals surface area contributed by atoms with E-state index in [1.807, 2.05) is 65.2 Å². The van der Waals surface area contributed by atoms with Crippen LogP contribution in [0.3, 0.4) is 0 Å². The standard InChI is InChI=1S/C27H25N3O5/c1-34-22-14-12-20(13-15-22)28-27(33)25(29-35-17-7-11-24(31)32)26-23(19-8-3-2-4-9-19)18-21-10-5-6-16-30(21)26/h2-6,8-10,12-16,18H,7,11,17H2,1H3,(H,28,33)(H,31,32). The number of carbonyl (C=O) groups excluding carboxylic acids is 1. The van der Waals surface area contributed by atoms with Crippen molar-refractivity contribution in [2.75, 3.05) is 19.0 Å². The van der Waals surface area contributed by atoms with Gasteiger partial charge in [0.1, 0.15) is 12.4 Å². The number of carboxylic acids is 1. The van der Waals surface area contributed by atoms with Crippen molar-refractivity contribution in [1.29, 1.82) is 0 Å². The van der Waals surface area contributed by atoms with E-state index in [9.17, 15) is 9.59 Å². The number of nitrogens with one attached hydrogen (secondary N) is 1. The van der Waals surface area contributed by atoms with Gasteiger partial charge in [0.05, 0.1) is 12.8 Å². The smallest absolute Gasteiger partial charge is 0.303 e. The topological polar surface area (TPSA) is 102 Å². The Bertz CT molecular complexity index is 1340. The van der Waals surface area contributed by atoms with Crippen LogP contribution in [-0.4, -0.2) is 40.8 Å². The lowest BCUT2D eigenvalue weighted by Crippen LogP contribution is -2.26. The molecule has 0 atom stereocenters. The van der Waals surface area contributed by atoms with E-state index in [1.165, 1.54) is 0 Å². The molecule has 0 spiro atoms. The third-order valence-corrected chi connectivity index (χ3v) is 5.33. The molecule has 0 unspecified atom stereocenters. The normalized spacial score (nSPS) is 11.3. The lowest BCUT2D eigenvalue weighted by Gasteiger charge is -2.12. The predicted octanol–water partition coefficient (Wildman–Crippen LogP) is 4.84. The van der Waals surface area contributed by atoms with Crippen molar-refractivity contribution in [2.45, 2.75) is 12.8 Å². The number of pyridine rings is 1. The molecule has 0 fully saturated rings. The Kier molecular flexibility index (Phi) is 7.42. The Morgan fingerprint density at radius 1 is 1.00 bits per heavy atom. The largest absolute Gasteiger partial charge is 0.497 e. The maximum Gasteiger partial charge on any atom is 0.303 e. The molecule has 0 saturated carbocycles. The van der Waals surface area contributed by atoms with Gasteiger partial charge in [0, 0.05) is 29.4 Å². The summed E-state index contributed by atoms with van der Waals surface area (Å²) in [6.07, 6.45) is 2.08. The minimum Gasteiger partial charge on any atom is -0.497 e. The highest BCUT2D eigenvalue weighted by molar-refractivity contribution is 6.49. The second kappa shape index (κ2) is 11.0. The van der Waals surface area contributed by atoms with E-state index in [2.05, 4.69) is 10.5 Å². The highest BCUT2D eigenvalue weighted by Crippen LogP contribution is 2.29. The summed E-state index contributed by atoms with van der Waals surface area (Å²) < 4.78 is 7.07. The molecule has 0 radical (unpaired) electrons. The number of anilines is 1. The summed E-state index contributed by atoms with van der Waals surface area (Å²) in [5, 5.41) is 15.9. The molecule has 0 aliphatic carbocycles. The first-order valence-electron chi connectivity index (χ1n) is 11.1. The Labute approximate surface area is 202 Å². The molecule has 4 aromatic rings. The minimum atomic E-state index is -0.918. The van der Waals surface area contributed by atoms with Gasteiger partial charge in [-0.25, -0.2) is 0 Å². The highest BCUT2D eigenvalue weighted by atomic mass is 16.6. The lowest BCUT2D eigenvalue weighted by molar-refractivity contribution is -0.137. The van der Waals surface area contributed by atoms with Gasteiger partial charge in [0.15, 0.2) is 5.71 Å². The fourth-order valence-corrected chi connectivity index (χ4v) is 3.66. The minimum absolute atomic E-state index is 0.0494. The summed E-state index contributed by atoms with van der Waals surface area (Å²) in [5.41, 5.74) is 3.82. The third-order valence-electron chi connectivity index (χ3n) is 5.33. The maximum absolute atomic E-state index is 13.5. The monoisotopic (exact) mass is 471 g/mol. The summed E-state index contributed by atoms with van der Waals surface area (Å²) >= 11 is 0. The highest BCUT2D eigenvalue weighted by Gasteiger charge is 2.24. The van der Waals surface area contributed by atoms with Crippen LogP contribution >= 0.6 is 0 Å². The number of carbonyl (C=O) groups is 2. The Hall–Kier alpha value is -4.59. The Morgan fingerprint density at radius 2 is 1.74 bits per heavy atom. The predicted molar refractivity (Wildman–Crippen MR) is 134 cm³/mol. The molecule has 0 saturated heterocycles. The lowest BCUT2D eigenvalue weighted by atomic mass is 10.0. The number of aliphatic carboxylic acids is 1. The summed E-state index contributed by atoms with van der Waals surface area (Å²) in [7, 11) is 1.57. The number of fused-ring (bicyclic) bond motifs is 1. The average molecular weight is 472 g/mol. The number of ether oxygens (including phenoxy) is 1. The second-order valence-electron chi connectivity index (χ2n) is 7.72. The number of carboxylic acid groups (broad SMARTS) is 1. The van der Waals surface area contributed by atoms with Crippen LogP contribution in [0.2, 0.25) is 0 Å². The SMILES string of the molecule is COc1ccc(NC(=O)C(=NOCCCC(=O)O)c2c(-c3ccccc3)cc3ccccn23)cc1. The molecule has 0 bridgehead atoms. The van der Waals surface area contributed by atoms with Crippen molar-refractivity contribution in [3.8, 4) is 16.9 Å². The van der Waals surface area contributed by atoms with Crippen molar-refractivity contribution < 1.29 is 24.3 Å². The van der Waals surface area contributed by atoms with Crippen LogP contribution in [0.5, 0.6) is 5.75 Å². The summed E-state index contributed by atoms with van der Waals surface area (Å²) in [5.74, 6) is -0.712. The first kappa shape index (κ1) is 23.6. The van der Waals surface area contributed by atoms with Crippen molar-refractivity contribution in [3.05, 3.63) is 90.8 Å². The molecule has 8 nitrogen and oxygen atoms in total. The van der Waals surface area contributed by atoms with Crippen LogP contribution in [-0.2, 0) is 14.4 Å². The zero-order chi connectivity index (χ0) is 24.6. The van der Waals surface area contributed by atoms with Crippen LogP contribution in [0, 0.1) is 0 Å². The number of amides is 1. The molecule has 0 aliphatic heterocycles. The van der Waals surface area contributed by atoms with E-state index in [0.717, 1.165) is 16.6 Å². The number of hydrogen-bond donors (Lipinski definition) is 2. The van der Waals surface area contributed by atoms with Crippen LogP contribution in [0.1, 0.15) is 18.5 Å². The zero-order valence-electron chi connectivity index (χ0n) is 19.2. The van der Waals surface area contributed by atoms with Gasteiger partial charge in [-0.1, -0.05) is 41.6 Å². The Morgan fingerprint density at radius 3 is 2.46 bits per heavy atom. The summed E-state index contributed by atoms with van der Waals surface area (Å²) in [4.78, 5) is 29.8. The molecule has 4 rings (SSSR count). The molecule has 35 heavy (non-hydrogen) atoms. The molecule has 2 aromatic heterocycles. The average Bonchev–Trinajstić information content (AvgIpc) is 3.26. The number of nitrogens with zero attached hydrogens (tertiary/aromatic N) is 2. The molecule has 0 aliphatic rings. The third kappa shape index (κ3) is 5.67.